The van der Waals surface area contributed by atoms with Crippen molar-refractivity contribution < 1.29 is 19.1 Å². The van der Waals surface area contributed by atoms with Crippen LogP contribution in [0.25, 0.3) is 0 Å². The van der Waals surface area contributed by atoms with E-state index in [1.54, 1.807) is 38.1 Å². The van der Waals surface area contributed by atoms with Gasteiger partial charge in [-0.05, 0) is 31.5 Å². The van der Waals surface area contributed by atoms with Crippen molar-refractivity contribution in [1.82, 2.24) is 0 Å². The van der Waals surface area contributed by atoms with E-state index in [2.05, 4.69) is 0 Å². The molecule has 4 nitrogen and oxygen atoms in total. The molecule has 0 aromatic heterocycles. The summed E-state index contributed by atoms with van der Waals surface area (Å²) in [5.74, 6) is 0.191. The Kier molecular flexibility index (Phi) is 5.52. The second-order valence-electron chi connectivity index (χ2n) is 5.40. The van der Waals surface area contributed by atoms with Crippen molar-refractivity contribution in [3.63, 3.8) is 0 Å². The zero-order chi connectivity index (χ0) is 16.7. The summed E-state index contributed by atoms with van der Waals surface area (Å²) in [4.78, 5) is 23.1. The predicted octanol–water partition coefficient (Wildman–Crippen LogP) is 3.44. The molecule has 120 valence electrons. The molecule has 0 amide bonds. The number of hydrogen-bond donors (Lipinski definition) is 0. The topological polar surface area (TPSA) is 52.6 Å². The molecule has 4 heteroatoms. The van der Waals surface area contributed by atoms with E-state index in [-0.39, 0.29) is 6.61 Å². The lowest BCUT2D eigenvalue weighted by Gasteiger charge is -2.28. The van der Waals surface area contributed by atoms with Crippen LogP contribution in [0.4, 0.5) is 0 Å². The first-order valence-corrected chi connectivity index (χ1v) is 7.53. The fourth-order valence-corrected chi connectivity index (χ4v) is 2.29. The minimum absolute atomic E-state index is 0.288. The molecule has 0 aliphatic heterocycles. The maximum Gasteiger partial charge on any atom is 0.350 e. The van der Waals surface area contributed by atoms with Gasteiger partial charge in [-0.1, -0.05) is 42.5 Å². The Morgan fingerprint density at radius 2 is 1.74 bits per heavy atom. The van der Waals surface area contributed by atoms with Gasteiger partial charge in [0.15, 0.2) is 0 Å². The van der Waals surface area contributed by atoms with Crippen molar-refractivity contribution in [1.29, 1.82) is 0 Å². The highest BCUT2D eigenvalue weighted by Gasteiger charge is 2.37. The molecule has 0 saturated heterocycles. The highest BCUT2D eigenvalue weighted by atomic mass is 16.6. The number of hydrogen-bond acceptors (Lipinski definition) is 4. The van der Waals surface area contributed by atoms with Crippen LogP contribution in [-0.4, -0.2) is 24.5 Å². The van der Waals surface area contributed by atoms with E-state index in [0.717, 1.165) is 11.8 Å². The van der Waals surface area contributed by atoms with E-state index in [9.17, 15) is 9.59 Å². The highest BCUT2D eigenvalue weighted by molar-refractivity contribution is 5.80. The molecule has 1 atom stereocenters. The Hall–Kier alpha value is -2.62. The molecule has 0 saturated carbocycles. The molecule has 0 heterocycles. The highest BCUT2D eigenvalue weighted by Crippen LogP contribution is 2.24. The van der Waals surface area contributed by atoms with Gasteiger partial charge in [0, 0.05) is 12.0 Å². The van der Waals surface area contributed by atoms with Crippen molar-refractivity contribution in [2.45, 2.75) is 25.9 Å². The number of para-hydroxylation sites is 1. The molecule has 0 aliphatic carbocycles. The fraction of sp³-hybridized carbons (Fsp3) is 0.263. The molecule has 0 radical (unpaired) electrons. The molecule has 0 fully saturated rings. The van der Waals surface area contributed by atoms with Crippen LogP contribution in [0.15, 0.2) is 54.6 Å². The minimum atomic E-state index is -1.14. The number of carbonyl (C=O) groups is 2. The summed E-state index contributed by atoms with van der Waals surface area (Å²) >= 11 is 0. The number of ether oxygens (including phenoxy) is 2. The second kappa shape index (κ2) is 7.58. The lowest BCUT2D eigenvalue weighted by atomic mass is 9.95. The van der Waals surface area contributed by atoms with Gasteiger partial charge in [0.2, 0.25) is 5.60 Å². The van der Waals surface area contributed by atoms with Crippen LogP contribution in [0.5, 0.6) is 5.75 Å². The quantitative estimate of drug-likeness (QED) is 0.580. The molecule has 23 heavy (non-hydrogen) atoms. The average molecular weight is 312 g/mol. The van der Waals surface area contributed by atoms with Crippen molar-refractivity contribution in [3.8, 4) is 5.75 Å². The molecule has 1 unspecified atom stereocenters. The van der Waals surface area contributed by atoms with Gasteiger partial charge in [0.05, 0.1) is 6.61 Å². The summed E-state index contributed by atoms with van der Waals surface area (Å²) in [5, 5.41) is 0. The van der Waals surface area contributed by atoms with Crippen molar-refractivity contribution in [2.24, 2.45) is 0 Å². The molecular formula is C19H20O4. The molecule has 2 aromatic rings. The smallest absolute Gasteiger partial charge is 0.350 e. The number of rotatable bonds is 7. The Labute approximate surface area is 136 Å². The third-order valence-electron chi connectivity index (χ3n) is 3.45. The van der Waals surface area contributed by atoms with Crippen molar-refractivity contribution in [2.75, 3.05) is 6.61 Å². The van der Waals surface area contributed by atoms with Gasteiger partial charge in [-0.3, -0.25) is 4.79 Å². The van der Waals surface area contributed by atoms with Gasteiger partial charge in [0.1, 0.15) is 12.0 Å². The van der Waals surface area contributed by atoms with E-state index < -0.39 is 11.6 Å². The summed E-state index contributed by atoms with van der Waals surface area (Å²) in [5.41, 5.74) is 0.345. The first-order valence-electron chi connectivity index (χ1n) is 7.53. The lowest BCUT2D eigenvalue weighted by Crippen LogP contribution is -2.45. The van der Waals surface area contributed by atoms with E-state index in [4.69, 9.17) is 9.47 Å². The molecule has 0 bridgehead atoms. The van der Waals surface area contributed by atoms with Crippen LogP contribution >= 0.6 is 0 Å². The summed E-state index contributed by atoms with van der Waals surface area (Å²) in [6.07, 6.45) is 1.13. The first-order chi connectivity index (χ1) is 11.1. The molecule has 2 rings (SSSR count). The van der Waals surface area contributed by atoms with Crippen LogP contribution in [0, 0.1) is 0 Å². The molecule has 0 N–H and O–H groups in total. The minimum Gasteiger partial charge on any atom is -0.476 e. The fourth-order valence-electron chi connectivity index (χ4n) is 2.29. The number of carbonyl (C=O) groups excluding carboxylic acids is 2. The average Bonchev–Trinajstić information content (AvgIpc) is 2.56. The monoisotopic (exact) mass is 312 g/mol. The van der Waals surface area contributed by atoms with Gasteiger partial charge in [0.25, 0.3) is 0 Å². The van der Waals surface area contributed by atoms with Crippen LogP contribution in [0.1, 0.15) is 29.8 Å². The SMILES string of the molecule is CCOC(=O)C(C)(Cc1ccc(C=O)cc1)Oc1ccccc1. The third-order valence-corrected chi connectivity index (χ3v) is 3.45. The Bertz CT molecular complexity index is 649. The molecule has 0 spiro atoms. The van der Waals surface area contributed by atoms with E-state index in [1.165, 1.54) is 0 Å². The van der Waals surface area contributed by atoms with Crippen molar-refractivity contribution >= 4 is 12.3 Å². The van der Waals surface area contributed by atoms with Crippen LogP contribution in [0.2, 0.25) is 0 Å². The summed E-state index contributed by atoms with van der Waals surface area (Å²) in [6.45, 7) is 3.77. The van der Waals surface area contributed by atoms with E-state index in [1.807, 2.05) is 30.3 Å². The second-order valence-corrected chi connectivity index (χ2v) is 5.40. The van der Waals surface area contributed by atoms with Crippen molar-refractivity contribution in [3.05, 3.63) is 65.7 Å². The van der Waals surface area contributed by atoms with Gasteiger partial charge < -0.3 is 9.47 Å². The number of esters is 1. The Balaban J connectivity index is 2.24. The Morgan fingerprint density at radius 3 is 2.30 bits per heavy atom. The lowest BCUT2D eigenvalue weighted by molar-refractivity contribution is -0.160. The third kappa shape index (κ3) is 4.42. The summed E-state index contributed by atoms with van der Waals surface area (Å²) < 4.78 is 11.1. The first kappa shape index (κ1) is 16.7. The normalized spacial score (nSPS) is 13.0. The Morgan fingerprint density at radius 1 is 1.09 bits per heavy atom. The van der Waals surface area contributed by atoms with Crippen LogP contribution in [0.3, 0.4) is 0 Å². The maximum absolute atomic E-state index is 12.4. The van der Waals surface area contributed by atoms with E-state index >= 15 is 0 Å². The van der Waals surface area contributed by atoms with Crippen LogP contribution in [-0.2, 0) is 16.0 Å². The standard InChI is InChI=1S/C19H20O4/c1-3-22-18(21)19(2,23-17-7-5-4-6-8-17)13-15-9-11-16(14-20)12-10-15/h4-12,14H,3,13H2,1-2H3. The zero-order valence-corrected chi connectivity index (χ0v) is 13.3. The summed E-state index contributed by atoms with van der Waals surface area (Å²) in [7, 11) is 0. The number of aldehydes is 1. The predicted molar refractivity (Wildman–Crippen MR) is 87.6 cm³/mol. The maximum atomic E-state index is 12.4. The van der Waals surface area contributed by atoms with E-state index in [0.29, 0.717) is 17.7 Å². The van der Waals surface area contributed by atoms with Crippen LogP contribution < -0.4 is 4.74 Å². The van der Waals surface area contributed by atoms with Gasteiger partial charge in [-0.2, -0.15) is 0 Å². The molecular weight excluding hydrogens is 292 g/mol. The summed E-state index contributed by atoms with van der Waals surface area (Å²) in [6, 6.07) is 16.2. The zero-order valence-electron chi connectivity index (χ0n) is 13.3. The largest absolute Gasteiger partial charge is 0.476 e. The number of benzene rings is 2. The molecule has 2 aromatic carbocycles. The van der Waals surface area contributed by atoms with Gasteiger partial charge >= 0.3 is 5.97 Å². The van der Waals surface area contributed by atoms with Gasteiger partial charge in [-0.25, -0.2) is 4.79 Å². The molecule has 0 aliphatic rings. The van der Waals surface area contributed by atoms with Gasteiger partial charge in [-0.15, -0.1) is 0 Å².